The van der Waals surface area contributed by atoms with E-state index in [1.165, 1.54) is 6.92 Å². The van der Waals surface area contributed by atoms with E-state index in [-0.39, 0.29) is 11.7 Å². The Labute approximate surface area is 131 Å². The zero-order valence-electron chi connectivity index (χ0n) is 12.3. The Balaban J connectivity index is 1.90. The van der Waals surface area contributed by atoms with Gasteiger partial charge in [0, 0.05) is 30.4 Å². The Kier molecular flexibility index (Phi) is 2.84. The number of pyridine rings is 1. The van der Waals surface area contributed by atoms with E-state index in [9.17, 15) is 9.59 Å². The third kappa shape index (κ3) is 1.96. The largest absolute Gasteiger partial charge is 0.326 e. The van der Waals surface area contributed by atoms with Crippen LogP contribution in [0.5, 0.6) is 0 Å². The second-order valence-electron chi connectivity index (χ2n) is 5.30. The molecular formula is C17H12N4O2. The first kappa shape index (κ1) is 13.4. The SMILES string of the molecule is CC(=O)Nc1cccc2c1C(=O)c1c-2n[nH]c1-c1ccncc1. The lowest BCUT2D eigenvalue weighted by Crippen LogP contribution is -2.10. The lowest BCUT2D eigenvalue weighted by molar-refractivity contribution is -0.114. The standard InChI is InChI=1S/C17H12N4O2/c1-9(22)19-12-4-2-3-11-13(12)17(23)14-15(20-21-16(11)14)10-5-7-18-8-6-10/h2-8H,1H3,(H,19,22)(H,20,21). The maximum atomic E-state index is 12.9. The molecule has 112 valence electrons. The number of hydrogen-bond acceptors (Lipinski definition) is 4. The van der Waals surface area contributed by atoms with Crippen LogP contribution >= 0.6 is 0 Å². The van der Waals surface area contributed by atoms with Crippen molar-refractivity contribution in [2.45, 2.75) is 6.92 Å². The summed E-state index contributed by atoms with van der Waals surface area (Å²) in [7, 11) is 0. The van der Waals surface area contributed by atoms with Gasteiger partial charge in [-0.3, -0.25) is 19.7 Å². The monoisotopic (exact) mass is 304 g/mol. The lowest BCUT2D eigenvalue weighted by Gasteiger charge is -2.07. The van der Waals surface area contributed by atoms with Gasteiger partial charge in [-0.05, 0) is 18.2 Å². The highest BCUT2D eigenvalue weighted by Crippen LogP contribution is 2.42. The number of carbonyl (C=O) groups is 2. The van der Waals surface area contributed by atoms with Gasteiger partial charge in [0.15, 0.2) is 5.78 Å². The predicted octanol–water partition coefficient (Wildman–Crippen LogP) is 2.64. The van der Waals surface area contributed by atoms with E-state index in [0.29, 0.717) is 28.2 Å². The summed E-state index contributed by atoms with van der Waals surface area (Å²) in [6.07, 6.45) is 3.33. The Morgan fingerprint density at radius 1 is 1.13 bits per heavy atom. The molecule has 6 heteroatoms. The number of H-pyrrole nitrogens is 1. The van der Waals surface area contributed by atoms with E-state index in [1.807, 2.05) is 18.2 Å². The van der Waals surface area contributed by atoms with Crippen LogP contribution in [0.15, 0.2) is 42.7 Å². The molecule has 0 unspecified atom stereocenters. The fraction of sp³-hybridized carbons (Fsp3) is 0.0588. The number of aromatic nitrogens is 3. The molecule has 0 fully saturated rings. The van der Waals surface area contributed by atoms with Crippen molar-refractivity contribution in [1.82, 2.24) is 15.2 Å². The Hall–Kier alpha value is -3.28. The number of anilines is 1. The minimum atomic E-state index is -0.216. The summed E-state index contributed by atoms with van der Waals surface area (Å²) in [6.45, 7) is 1.42. The summed E-state index contributed by atoms with van der Waals surface area (Å²) in [4.78, 5) is 28.3. The molecule has 0 bridgehead atoms. The van der Waals surface area contributed by atoms with Crippen LogP contribution in [0.2, 0.25) is 0 Å². The molecule has 6 nitrogen and oxygen atoms in total. The third-order valence-corrected chi connectivity index (χ3v) is 3.82. The summed E-state index contributed by atoms with van der Waals surface area (Å²) in [6, 6.07) is 8.99. The molecule has 3 aromatic rings. The second kappa shape index (κ2) is 4.88. The van der Waals surface area contributed by atoms with Crippen LogP contribution in [0.25, 0.3) is 22.5 Å². The van der Waals surface area contributed by atoms with Gasteiger partial charge in [-0.15, -0.1) is 0 Å². The van der Waals surface area contributed by atoms with Gasteiger partial charge in [0.2, 0.25) is 5.91 Å². The molecule has 4 rings (SSSR count). The van der Waals surface area contributed by atoms with Crippen molar-refractivity contribution in [3.63, 3.8) is 0 Å². The van der Waals surface area contributed by atoms with Crippen LogP contribution in [0.4, 0.5) is 5.69 Å². The number of aromatic amines is 1. The third-order valence-electron chi connectivity index (χ3n) is 3.82. The molecule has 1 aromatic carbocycles. The molecule has 0 radical (unpaired) electrons. The predicted molar refractivity (Wildman–Crippen MR) is 85.0 cm³/mol. The van der Waals surface area contributed by atoms with Crippen molar-refractivity contribution in [2.24, 2.45) is 0 Å². The molecule has 0 saturated heterocycles. The van der Waals surface area contributed by atoms with Gasteiger partial charge in [-0.25, -0.2) is 0 Å². The quantitative estimate of drug-likeness (QED) is 0.596. The molecule has 2 heterocycles. The van der Waals surface area contributed by atoms with Crippen LogP contribution in [-0.2, 0) is 4.79 Å². The van der Waals surface area contributed by atoms with Crippen molar-refractivity contribution in [3.8, 4) is 22.5 Å². The summed E-state index contributed by atoms with van der Waals surface area (Å²) in [5, 5.41) is 9.96. The highest BCUT2D eigenvalue weighted by atomic mass is 16.1. The number of rotatable bonds is 2. The molecular weight excluding hydrogens is 292 g/mol. The molecule has 0 atom stereocenters. The average molecular weight is 304 g/mol. The number of fused-ring (bicyclic) bond motifs is 3. The molecule has 1 amide bonds. The van der Waals surface area contributed by atoms with Crippen LogP contribution in [0.3, 0.4) is 0 Å². The minimum Gasteiger partial charge on any atom is -0.326 e. The van der Waals surface area contributed by atoms with E-state index in [0.717, 1.165) is 11.1 Å². The molecule has 23 heavy (non-hydrogen) atoms. The van der Waals surface area contributed by atoms with Gasteiger partial charge in [0.1, 0.15) is 5.69 Å². The van der Waals surface area contributed by atoms with Gasteiger partial charge >= 0.3 is 0 Å². The maximum Gasteiger partial charge on any atom is 0.221 e. The molecule has 1 aliphatic rings. The van der Waals surface area contributed by atoms with Crippen molar-refractivity contribution in [2.75, 3.05) is 5.32 Å². The molecule has 2 aromatic heterocycles. The topological polar surface area (TPSA) is 87.7 Å². The van der Waals surface area contributed by atoms with Gasteiger partial charge in [-0.1, -0.05) is 12.1 Å². The number of ketones is 1. The van der Waals surface area contributed by atoms with Crippen molar-refractivity contribution < 1.29 is 9.59 Å². The molecule has 0 aliphatic heterocycles. The van der Waals surface area contributed by atoms with Crippen LogP contribution in [0.1, 0.15) is 22.8 Å². The Bertz CT molecular complexity index is 944. The number of carbonyl (C=O) groups excluding carboxylic acids is 2. The van der Waals surface area contributed by atoms with Gasteiger partial charge in [0.25, 0.3) is 0 Å². The van der Waals surface area contributed by atoms with Crippen LogP contribution in [0, 0.1) is 0 Å². The van der Waals surface area contributed by atoms with E-state index in [1.54, 1.807) is 24.5 Å². The fourth-order valence-corrected chi connectivity index (χ4v) is 2.90. The first-order valence-electron chi connectivity index (χ1n) is 7.11. The van der Waals surface area contributed by atoms with Crippen molar-refractivity contribution in [1.29, 1.82) is 0 Å². The first-order chi connectivity index (χ1) is 11.2. The normalized spacial score (nSPS) is 12.0. The molecule has 2 N–H and O–H groups in total. The van der Waals surface area contributed by atoms with E-state index >= 15 is 0 Å². The zero-order chi connectivity index (χ0) is 16.0. The fourth-order valence-electron chi connectivity index (χ4n) is 2.90. The summed E-state index contributed by atoms with van der Waals surface area (Å²) in [5.41, 5.74) is 4.39. The number of benzene rings is 1. The first-order valence-corrected chi connectivity index (χ1v) is 7.11. The van der Waals surface area contributed by atoms with Crippen molar-refractivity contribution >= 4 is 17.4 Å². The number of amides is 1. The summed E-state index contributed by atoms with van der Waals surface area (Å²) >= 11 is 0. The van der Waals surface area contributed by atoms with Gasteiger partial charge < -0.3 is 5.32 Å². The van der Waals surface area contributed by atoms with Crippen LogP contribution < -0.4 is 5.32 Å². The van der Waals surface area contributed by atoms with Gasteiger partial charge in [0.05, 0.1) is 22.5 Å². The van der Waals surface area contributed by atoms with E-state index in [2.05, 4.69) is 20.5 Å². The average Bonchev–Trinajstić information content (AvgIpc) is 3.09. The summed E-state index contributed by atoms with van der Waals surface area (Å²) < 4.78 is 0. The number of hydrogen-bond donors (Lipinski definition) is 2. The number of nitrogens with one attached hydrogen (secondary N) is 2. The summed E-state index contributed by atoms with van der Waals surface area (Å²) in [5.74, 6) is -0.355. The van der Waals surface area contributed by atoms with E-state index < -0.39 is 0 Å². The Morgan fingerprint density at radius 2 is 1.91 bits per heavy atom. The van der Waals surface area contributed by atoms with Crippen molar-refractivity contribution in [3.05, 3.63) is 53.9 Å². The maximum absolute atomic E-state index is 12.9. The highest BCUT2D eigenvalue weighted by molar-refractivity contribution is 6.26. The van der Waals surface area contributed by atoms with Crippen LogP contribution in [-0.4, -0.2) is 26.9 Å². The Morgan fingerprint density at radius 3 is 2.65 bits per heavy atom. The number of nitrogens with zero attached hydrogens (tertiary/aromatic N) is 2. The lowest BCUT2D eigenvalue weighted by atomic mass is 10.0. The van der Waals surface area contributed by atoms with E-state index in [4.69, 9.17) is 0 Å². The van der Waals surface area contributed by atoms with Gasteiger partial charge in [-0.2, -0.15) is 5.10 Å². The molecule has 0 spiro atoms. The zero-order valence-corrected chi connectivity index (χ0v) is 12.3. The molecule has 1 aliphatic carbocycles. The molecule has 0 saturated carbocycles. The second-order valence-corrected chi connectivity index (χ2v) is 5.30. The smallest absolute Gasteiger partial charge is 0.221 e. The highest BCUT2D eigenvalue weighted by Gasteiger charge is 2.34. The minimum absolute atomic E-state index is 0.139.